The van der Waals surface area contributed by atoms with Crippen molar-refractivity contribution < 1.29 is 19.4 Å². The van der Waals surface area contributed by atoms with Crippen LogP contribution in [0.2, 0.25) is 5.02 Å². The normalized spacial score (nSPS) is 14.1. The molecule has 0 heterocycles. The number of rotatable bonds is 4. The first-order valence-electron chi connectivity index (χ1n) is 5.28. The number of hydrogen-bond donors (Lipinski definition) is 2. The molecule has 0 bridgehead atoms. The van der Waals surface area contributed by atoms with Crippen molar-refractivity contribution in [3.05, 3.63) is 34.9 Å². The Hall–Kier alpha value is -1.59. The van der Waals surface area contributed by atoms with Gasteiger partial charge >= 0.3 is 5.97 Å². The molecule has 0 fully saturated rings. The first-order chi connectivity index (χ1) is 8.28. The van der Waals surface area contributed by atoms with Gasteiger partial charge in [-0.25, -0.2) is 4.79 Å². The standard InChI is InChI=1S/C12H14ClNO4/c1-7(2)18-11(16)12(17,10(14)15)8-3-5-9(13)6-4-8/h3-7,17H,1-2H3,(H2,14,15). The van der Waals surface area contributed by atoms with E-state index in [0.717, 1.165) is 0 Å². The third-order valence-corrected chi connectivity index (χ3v) is 2.51. The molecule has 0 aromatic heterocycles. The molecule has 98 valence electrons. The molecule has 0 saturated carbocycles. The summed E-state index contributed by atoms with van der Waals surface area (Å²) in [5.74, 6) is -2.30. The zero-order valence-electron chi connectivity index (χ0n) is 10.0. The summed E-state index contributed by atoms with van der Waals surface area (Å²) in [6, 6.07) is 5.56. The lowest BCUT2D eigenvalue weighted by atomic mass is 9.93. The van der Waals surface area contributed by atoms with Crippen LogP contribution in [0.3, 0.4) is 0 Å². The van der Waals surface area contributed by atoms with Crippen LogP contribution < -0.4 is 5.73 Å². The number of esters is 1. The van der Waals surface area contributed by atoms with Crippen LogP contribution in [0, 0.1) is 0 Å². The van der Waals surface area contributed by atoms with E-state index in [1.807, 2.05) is 0 Å². The molecule has 3 N–H and O–H groups in total. The second-order valence-corrected chi connectivity index (χ2v) is 4.47. The van der Waals surface area contributed by atoms with Crippen molar-refractivity contribution in [1.82, 2.24) is 0 Å². The number of halogens is 1. The number of benzene rings is 1. The summed E-state index contributed by atoms with van der Waals surface area (Å²) in [7, 11) is 0. The molecule has 0 aliphatic heterocycles. The molecule has 0 radical (unpaired) electrons. The van der Waals surface area contributed by atoms with Gasteiger partial charge in [-0.2, -0.15) is 0 Å². The summed E-state index contributed by atoms with van der Waals surface area (Å²) in [4.78, 5) is 23.2. The third-order valence-electron chi connectivity index (χ3n) is 2.26. The Kier molecular flexibility index (Phi) is 4.32. The predicted octanol–water partition coefficient (Wildman–Crippen LogP) is 0.965. The lowest BCUT2D eigenvalue weighted by Crippen LogP contribution is -2.49. The Balaban J connectivity index is 3.19. The van der Waals surface area contributed by atoms with E-state index < -0.39 is 23.6 Å². The summed E-state index contributed by atoms with van der Waals surface area (Å²) in [5.41, 5.74) is 2.61. The van der Waals surface area contributed by atoms with Crippen molar-refractivity contribution in [3.63, 3.8) is 0 Å². The van der Waals surface area contributed by atoms with Crippen molar-refractivity contribution in [1.29, 1.82) is 0 Å². The fraction of sp³-hybridized carbons (Fsp3) is 0.333. The zero-order valence-corrected chi connectivity index (χ0v) is 10.8. The van der Waals surface area contributed by atoms with Crippen LogP contribution >= 0.6 is 11.6 Å². The number of hydrogen-bond acceptors (Lipinski definition) is 4. The number of ether oxygens (including phenoxy) is 1. The van der Waals surface area contributed by atoms with Gasteiger partial charge in [-0.3, -0.25) is 4.79 Å². The maximum absolute atomic E-state index is 11.8. The summed E-state index contributed by atoms with van der Waals surface area (Å²) in [6.07, 6.45) is -0.476. The fourth-order valence-electron chi connectivity index (χ4n) is 1.35. The van der Waals surface area contributed by atoms with Crippen LogP contribution in [0.1, 0.15) is 19.4 Å². The largest absolute Gasteiger partial charge is 0.460 e. The van der Waals surface area contributed by atoms with Crippen LogP contribution in [0.15, 0.2) is 24.3 Å². The quantitative estimate of drug-likeness (QED) is 0.631. The summed E-state index contributed by atoms with van der Waals surface area (Å²) < 4.78 is 4.84. The number of carbonyl (C=O) groups excluding carboxylic acids is 2. The van der Waals surface area contributed by atoms with E-state index in [9.17, 15) is 14.7 Å². The van der Waals surface area contributed by atoms with Gasteiger partial charge in [0.25, 0.3) is 11.5 Å². The first-order valence-corrected chi connectivity index (χ1v) is 5.65. The molecule has 0 spiro atoms. The smallest absolute Gasteiger partial charge is 0.353 e. The maximum atomic E-state index is 11.8. The van der Waals surface area contributed by atoms with Crippen LogP contribution in [-0.2, 0) is 19.9 Å². The molecule has 0 aliphatic rings. The Morgan fingerprint density at radius 2 is 1.83 bits per heavy atom. The van der Waals surface area contributed by atoms with Gasteiger partial charge in [0.1, 0.15) is 0 Å². The summed E-state index contributed by atoms with van der Waals surface area (Å²) in [5, 5.41) is 10.6. The van der Waals surface area contributed by atoms with Crippen LogP contribution in [0.25, 0.3) is 0 Å². The third kappa shape index (κ3) is 2.80. The van der Waals surface area contributed by atoms with E-state index in [0.29, 0.717) is 5.02 Å². The highest BCUT2D eigenvalue weighted by Crippen LogP contribution is 2.24. The molecular weight excluding hydrogens is 258 g/mol. The molecule has 0 saturated heterocycles. The van der Waals surface area contributed by atoms with Crippen molar-refractivity contribution in [2.24, 2.45) is 5.73 Å². The monoisotopic (exact) mass is 271 g/mol. The van der Waals surface area contributed by atoms with E-state index in [1.165, 1.54) is 24.3 Å². The average Bonchev–Trinajstić information content (AvgIpc) is 2.27. The zero-order chi connectivity index (χ0) is 13.9. The van der Waals surface area contributed by atoms with Crippen molar-refractivity contribution in [3.8, 4) is 0 Å². The molecule has 5 nitrogen and oxygen atoms in total. The van der Waals surface area contributed by atoms with Gasteiger partial charge in [-0.15, -0.1) is 0 Å². The second-order valence-electron chi connectivity index (χ2n) is 4.04. The molecule has 1 aromatic rings. The number of amides is 1. The minimum atomic E-state index is -2.51. The van der Waals surface area contributed by atoms with Gasteiger partial charge in [0, 0.05) is 10.6 Å². The summed E-state index contributed by atoms with van der Waals surface area (Å²) in [6.45, 7) is 3.20. The van der Waals surface area contributed by atoms with E-state index in [2.05, 4.69) is 0 Å². The summed E-state index contributed by atoms with van der Waals surface area (Å²) >= 11 is 5.69. The first kappa shape index (κ1) is 14.5. The second kappa shape index (κ2) is 5.37. The highest BCUT2D eigenvalue weighted by atomic mass is 35.5. The van der Waals surface area contributed by atoms with Crippen molar-refractivity contribution in [2.45, 2.75) is 25.6 Å². The number of aliphatic hydroxyl groups is 1. The fourth-order valence-corrected chi connectivity index (χ4v) is 1.48. The molecule has 18 heavy (non-hydrogen) atoms. The van der Waals surface area contributed by atoms with E-state index in [4.69, 9.17) is 22.1 Å². The van der Waals surface area contributed by atoms with E-state index in [1.54, 1.807) is 13.8 Å². The van der Waals surface area contributed by atoms with Gasteiger partial charge in [-0.05, 0) is 26.0 Å². The van der Waals surface area contributed by atoms with E-state index >= 15 is 0 Å². The van der Waals surface area contributed by atoms with E-state index in [-0.39, 0.29) is 5.56 Å². The minimum absolute atomic E-state index is 0.0186. The van der Waals surface area contributed by atoms with Crippen LogP contribution in [0.5, 0.6) is 0 Å². The average molecular weight is 272 g/mol. The Labute approximate surface area is 109 Å². The molecule has 1 rings (SSSR count). The highest BCUT2D eigenvalue weighted by molar-refractivity contribution is 6.30. The minimum Gasteiger partial charge on any atom is -0.460 e. The Bertz CT molecular complexity index is 458. The molecule has 6 heteroatoms. The molecule has 0 aliphatic carbocycles. The topological polar surface area (TPSA) is 89.6 Å². The molecule has 1 unspecified atom stereocenters. The molecule has 1 atom stereocenters. The lowest BCUT2D eigenvalue weighted by molar-refractivity contribution is -0.174. The van der Waals surface area contributed by atoms with Gasteiger partial charge in [0.15, 0.2) is 0 Å². The lowest BCUT2D eigenvalue weighted by Gasteiger charge is -2.24. The van der Waals surface area contributed by atoms with Gasteiger partial charge < -0.3 is 15.6 Å². The number of nitrogens with two attached hydrogens (primary N) is 1. The molecular formula is C12H14ClNO4. The molecule has 1 amide bonds. The van der Waals surface area contributed by atoms with Gasteiger partial charge in [-0.1, -0.05) is 23.7 Å². The van der Waals surface area contributed by atoms with Gasteiger partial charge in [0.05, 0.1) is 6.10 Å². The van der Waals surface area contributed by atoms with Crippen molar-refractivity contribution >= 4 is 23.5 Å². The Morgan fingerprint density at radius 1 is 1.33 bits per heavy atom. The molecule has 1 aromatic carbocycles. The Morgan fingerprint density at radius 3 is 2.22 bits per heavy atom. The highest BCUT2D eigenvalue weighted by Gasteiger charge is 2.46. The van der Waals surface area contributed by atoms with Crippen molar-refractivity contribution in [2.75, 3.05) is 0 Å². The predicted molar refractivity (Wildman–Crippen MR) is 65.8 cm³/mol. The SMILES string of the molecule is CC(C)OC(=O)C(O)(C(N)=O)c1ccc(Cl)cc1. The van der Waals surface area contributed by atoms with Crippen LogP contribution in [0.4, 0.5) is 0 Å². The van der Waals surface area contributed by atoms with Gasteiger partial charge in [0.2, 0.25) is 0 Å². The number of carbonyl (C=O) groups is 2. The maximum Gasteiger partial charge on any atom is 0.353 e. The number of primary amides is 1. The van der Waals surface area contributed by atoms with Crippen LogP contribution in [-0.4, -0.2) is 23.1 Å².